The number of hydrogen-bond donors (Lipinski definition) is 1. The van der Waals surface area contributed by atoms with Gasteiger partial charge in [0, 0.05) is 32.2 Å². The number of piperazine rings is 1. The Labute approximate surface area is 128 Å². The minimum Gasteiger partial charge on any atom is -0.301 e. The van der Waals surface area contributed by atoms with Crippen LogP contribution in [0.1, 0.15) is 19.4 Å². The maximum atomic E-state index is 9.86. The molecule has 0 amide bonds. The monoisotopic (exact) mass is 286 g/mol. The largest absolute Gasteiger partial charge is 0.301 e. The summed E-state index contributed by atoms with van der Waals surface area (Å²) in [4.78, 5) is 4.78. The fourth-order valence-corrected chi connectivity index (χ4v) is 3.02. The van der Waals surface area contributed by atoms with E-state index in [9.17, 15) is 5.26 Å². The highest BCUT2D eigenvalue weighted by atomic mass is 15.3. The van der Waals surface area contributed by atoms with E-state index in [0.717, 1.165) is 38.3 Å². The van der Waals surface area contributed by atoms with Crippen LogP contribution in [0.3, 0.4) is 0 Å². The zero-order chi connectivity index (χ0) is 15.3. The molecule has 0 radical (unpaired) electrons. The molecule has 1 aliphatic heterocycles. The number of likely N-dealkylation sites (N-methyl/N-ethyl adjacent to an activating group) is 2. The van der Waals surface area contributed by atoms with Crippen molar-refractivity contribution in [3.8, 4) is 6.07 Å². The number of nitriles is 1. The highest BCUT2D eigenvalue weighted by molar-refractivity contribution is 5.32. The molecular weight excluding hydrogens is 260 g/mol. The second kappa shape index (κ2) is 7.04. The molecule has 21 heavy (non-hydrogen) atoms. The van der Waals surface area contributed by atoms with E-state index in [4.69, 9.17) is 0 Å². The maximum Gasteiger partial charge on any atom is 0.145 e. The molecule has 114 valence electrons. The first-order valence-electron chi connectivity index (χ1n) is 7.75. The second-order valence-corrected chi connectivity index (χ2v) is 5.98. The lowest BCUT2D eigenvalue weighted by molar-refractivity contribution is 0.0878. The maximum absolute atomic E-state index is 9.86. The van der Waals surface area contributed by atoms with Crippen LogP contribution < -0.4 is 5.32 Å². The van der Waals surface area contributed by atoms with Crippen LogP contribution >= 0.6 is 0 Å². The lowest BCUT2D eigenvalue weighted by Gasteiger charge is -2.41. The van der Waals surface area contributed by atoms with Crippen molar-refractivity contribution in [3.63, 3.8) is 0 Å². The molecule has 0 bridgehead atoms. The summed E-state index contributed by atoms with van der Waals surface area (Å²) in [5.41, 5.74) is 0.437. The highest BCUT2D eigenvalue weighted by Crippen LogP contribution is 2.23. The number of benzene rings is 1. The summed E-state index contributed by atoms with van der Waals surface area (Å²) >= 11 is 0. The van der Waals surface area contributed by atoms with Gasteiger partial charge in [-0.2, -0.15) is 5.26 Å². The molecule has 1 aromatic carbocycles. The molecule has 4 nitrogen and oxygen atoms in total. The van der Waals surface area contributed by atoms with Crippen LogP contribution in [0.4, 0.5) is 0 Å². The van der Waals surface area contributed by atoms with Gasteiger partial charge in [-0.1, -0.05) is 37.3 Å². The molecule has 0 saturated carbocycles. The molecule has 1 fully saturated rings. The topological polar surface area (TPSA) is 42.3 Å². The van der Waals surface area contributed by atoms with Crippen LogP contribution in [0.25, 0.3) is 0 Å². The fourth-order valence-electron chi connectivity index (χ4n) is 3.02. The van der Waals surface area contributed by atoms with Crippen molar-refractivity contribution in [1.82, 2.24) is 15.1 Å². The molecule has 1 aliphatic rings. The SMILES string of the molecule is CCNC(C#N)(CN1CCN(C)C(C)C1)c1ccccc1. The van der Waals surface area contributed by atoms with Crippen molar-refractivity contribution in [1.29, 1.82) is 5.26 Å². The van der Waals surface area contributed by atoms with Crippen LogP contribution in [-0.2, 0) is 5.54 Å². The van der Waals surface area contributed by atoms with Gasteiger partial charge in [-0.25, -0.2) is 0 Å². The van der Waals surface area contributed by atoms with Crippen LogP contribution in [0.15, 0.2) is 30.3 Å². The predicted molar refractivity (Wildman–Crippen MR) is 85.9 cm³/mol. The zero-order valence-electron chi connectivity index (χ0n) is 13.3. The Balaban J connectivity index is 2.19. The quantitative estimate of drug-likeness (QED) is 0.894. The van der Waals surface area contributed by atoms with Gasteiger partial charge in [0.15, 0.2) is 0 Å². The molecule has 0 aromatic heterocycles. The van der Waals surface area contributed by atoms with Crippen molar-refractivity contribution >= 4 is 0 Å². The van der Waals surface area contributed by atoms with Gasteiger partial charge in [0.25, 0.3) is 0 Å². The Morgan fingerprint density at radius 1 is 1.33 bits per heavy atom. The fraction of sp³-hybridized carbons (Fsp3) is 0.588. The normalized spacial score (nSPS) is 23.4. The minimum atomic E-state index is -0.619. The van der Waals surface area contributed by atoms with Gasteiger partial charge in [-0.15, -0.1) is 0 Å². The van der Waals surface area contributed by atoms with Crippen molar-refractivity contribution in [2.45, 2.75) is 25.4 Å². The molecule has 1 aromatic rings. The van der Waals surface area contributed by atoms with Crippen molar-refractivity contribution in [2.75, 3.05) is 39.8 Å². The van der Waals surface area contributed by atoms with E-state index in [1.54, 1.807) is 0 Å². The van der Waals surface area contributed by atoms with Crippen LogP contribution in [0.5, 0.6) is 0 Å². The predicted octanol–water partition coefficient (Wildman–Crippen LogP) is 1.65. The third-order valence-electron chi connectivity index (χ3n) is 4.44. The summed E-state index contributed by atoms with van der Waals surface area (Å²) in [5.74, 6) is 0. The molecule has 2 unspecified atom stereocenters. The minimum absolute atomic E-state index is 0.535. The Morgan fingerprint density at radius 2 is 2.05 bits per heavy atom. The van der Waals surface area contributed by atoms with Gasteiger partial charge in [-0.3, -0.25) is 10.2 Å². The standard InChI is InChI=1S/C17H26N4/c1-4-19-17(13-18,16-8-6-5-7-9-16)14-21-11-10-20(3)15(2)12-21/h5-9,15,19H,4,10-12,14H2,1-3H3. The molecule has 1 heterocycles. The first kappa shape index (κ1) is 16.0. The van der Waals surface area contributed by atoms with Gasteiger partial charge < -0.3 is 4.90 Å². The summed E-state index contributed by atoms with van der Waals surface area (Å²) in [6.45, 7) is 8.91. The summed E-state index contributed by atoms with van der Waals surface area (Å²) in [6, 6.07) is 13.2. The molecule has 0 spiro atoms. The first-order valence-corrected chi connectivity index (χ1v) is 7.75. The summed E-state index contributed by atoms with van der Waals surface area (Å²) < 4.78 is 0. The molecule has 1 N–H and O–H groups in total. The Morgan fingerprint density at radius 3 is 2.62 bits per heavy atom. The first-order chi connectivity index (χ1) is 10.1. The van der Waals surface area contributed by atoms with E-state index in [1.165, 1.54) is 0 Å². The molecule has 2 rings (SSSR count). The van der Waals surface area contributed by atoms with Gasteiger partial charge in [0.1, 0.15) is 5.54 Å². The Kier molecular flexibility index (Phi) is 5.35. The van der Waals surface area contributed by atoms with E-state index in [2.05, 4.69) is 42.1 Å². The molecule has 4 heteroatoms. The van der Waals surface area contributed by atoms with E-state index in [-0.39, 0.29) is 0 Å². The summed E-state index contributed by atoms with van der Waals surface area (Å²) in [5, 5.41) is 13.3. The summed E-state index contributed by atoms with van der Waals surface area (Å²) in [7, 11) is 2.17. The van der Waals surface area contributed by atoms with E-state index < -0.39 is 5.54 Å². The average Bonchev–Trinajstić information content (AvgIpc) is 2.51. The number of rotatable bonds is 5. The average molecular weight is 286 g/mol. The highest BCUT2D eigenvalue weighted by Gasteiger charge is 2.35. The molecular formula is C17H26N4. The van der Waals surface area contributed by atoms with E-state index in [0.29, 0.717) is 6.04 Å². The smallest absolute Gasteiger partial charge is 0.145 e. The Bertz CT molecular complexity index is 481. The van der Waals surface area contributed by atoms with Gasteiger partial charge in [0.05, 0.1) is 6.07 Å². The number of hydrogen-bond acceptors (Lipinski definition) is 4. The molecule has 2 atom stereocenters. The third-order valence-corrected chi connectivity index (χ3v) is 4.44. The lowest BCUT2D eigenvalue weighted by atomic mass is 9.90. The second-order valence-electron chi connectivity index (χ2n) is 5.98. The number of nitrogens with one attached hydrogen (secondary N) is 1. The van der Waals surface area contributed by atoms with Crippen LogP contribution in [0.2, 0.25) is 0 Å². The number of nitrogens with zero attached hydrogens (tertiary/aromatic N) is 3. The van der Waals surface area contributed by atoms with Crippen LogP contribution in [-0.4, -0.2) is 55.6 Å². The molecule has 0 aliphatic carbocycles. The van der Waals surface area contributed by atoms with Crippen molar-refractivity contribution in [2.24, 2.45) is 0 Å². The Hall–Kier alpha value is -1.41. The van der Waals surface area contributed by atoms with Crippen molar-refractivity contribution < 1.29 is 0 Å². The van der Waals surface area contributed by atoms with Crippen LogP contribution in [0, 0.1) is 11.3 Å². The van der Waals surface area contributed by atoms with Gasteiger partial charge in [0.2, 0.25) is 0 Å². The summed E-state index contributed by atoms with van der Waals surface area (Å²) in [6.07, 6.45) is 0. The molecule has 1 saturated heterocycles. The lowest BCUT2D eigenvalue weighted by Crippen LogP contribution is -2.56. The zero-order valence-corrected chi connectivity index (χ0v) is 13.3. The van der Waals surface area contributed by atoms with Crippen molar-refractivity contribution in [3.05, 3.63) is 35.9 Å². The van der Waals surface area contributed by atoms with Gasteiger partial charge >= 0.3 is 0 Å². The van der Waals surface area contributed by atoms with E-state index in [1.807, 2.05) is 30.3 Å². The van der Waals surface area contributed by atoms with E-state index >= 15 is 0 Å². The third kappa shape index (κ3) is 3.62. The van der Waals surface area contributed by atoms with Gasteiger partial charge in [-0.05, 0) is 26.1 Å².